The zero-order valence-electron chi connectivity index (χ0n) is 20.4. The molecular weight excluding hydrogens is 465 g/mol. The Balaban J connectivity index is 1.27. The highest BCUT2D eigenvalue weighted by atomic mass is 19.1. The summed E-state index contributed by atoms with van der Waals surface area (Å²) < 4.78 is 14.5. The number of aryl methyl sites for hydroxylation is 1. The normalized spacial score (nSPS) is 20.4. The number of nitrogens with zero attached hydrogens (tertiary/aromatic N) is 3. The van der Waals surface area contributed by atoms with Gasteiger partial charge in [0, 0.05) is 31.7 Å². The van der Waals surface area contributed by atoms with Gasteiger partial charge < -0.3 is 10.2 Å². The highest BCUT2D eigenvalue weighted by Crippen LogP contribution is 2.23. The van der Waals surface area contributed by atoms with Crippen LogP contribution in [0.25, 0.3) is 0 Å². The monoisotopic (exact) mass is 495 g/mol. The van der Waals surface area contributed by atoms with E-state index in [1.165, 1.54) is 13.0 Å². The maximum atomic E-state index is 14.5. The molecule has 36 heavy (non-hydrogen) atoms. The summed E-state index contributed by atoms with van der Waals surface area (Å²) in [5, 5.41) is 3.45. The second kappa shape index (κ2) is 10.4. The predicted octanol–water partition coefficient (Wildman–Crippen LogP) is 2.12. The molecule has 190 valence electrons. The molecule has 0 radical (unpaired) electrons. The average Bonchev–Trinajstić information content (AvgIpc) is 3.07. The van der Waals surface area contributed by atoms with Crippen LogP contribution in [-0.4, -0.2) is 71.8 Å². The minimum atomic E-state index is -1.10. The molecule has 2 aromatic carbocycles. The Morgan fingerprint density at radius 3 is 2.39 bits per heavy atom. The lowest BCUT2D eigenvalue weighted by molar-refractivity contribution is -0.139. The van der Waals surface area contributed by atoms with Gasteiger partial charge in [-0.05, 0) is 50.5 Å². The van der Waals surface area contributed by atoms with E-state index >= 15 is 0 Å². The van der Waals surface area contributed by atoms with E-state index in [1.807, 2.05) is 40.1 Å². The number of anilines is 1. The Kier molecular flexibility index (Phi) is 7.35. The molecule has 2 aliphatic heterocycles. The van der Waals surface area contributed by atoms with Gasteiger partial charge in [-0.3, -0.25) is 24.7 Å². The van der Waals surface area contributed by atoms with Crippen molar-refractivity contribution in [2.24, 2.45) is 0 Å². The molecule has 2 aromatic rings. The number of rotatable bonds is 8. The standard InChI is InChI=1S/C26H30FN5O4/c1-18(33)20-8-9-22(21(27)16-20)31-14-12-30(13-15-31)17-23(34)29-32-24(35)26(2,28-25(32)36)11-10-19-6-4-3-5-7-19/h3-9,16H,10-15,17H2,1-2H3,(H,28,36)(H,29,34)/t26-/m1/s1. The van der Waals surface area contributed by atoms with Crippen molar-refractivity contribution in [3.8, 4) is 0 Å². The number of carbonyl (C=O) groups is 4. The average molecular weight is 496 g/mol. The van der Waals surface area contributed by atoms with Gasteiger partial charge in [-0.1, -0.05) is 30.3 Å². The van der Waals surface area contributed by atoms with Crippen LogP contribution in [0.3, 0.4) is 0 Å². The van der Waals surface area contributed by atoms with Crippen LogP contribution in [0.15, 0.2) is 48.5 Å². The fraction of sp³-hybridized carbons (Fsp3) is 0.385. The molecule has 10 heteroatoms. The Hall–Kier alpha value is -3.79. The molecule has 0 bridgehead atoms. The first-order valence-electron chi connectivity index (χ1n) is 11.9. The molecule has 2 N–H and O–H groups in total. The van der Waals surface area contributed by atoms with Crippen molar-refractivity contribution in [3.05, 3.63) is 65.5 Å². The number of nitrogens with one attached hydrogen (secondary N) is 2. The van der Waals surface area contributed by atoms with E-state index < -0.39 is 29.2 Å². The summed E-state index contributed by atoms with van der Waals surface area (Å²) in [7, 11) is 0. The van der Waals surface area contributed by atoms with Crippen molar-refractivity contribution >= 4 is 29.3 Å². The summed E-state index contributed by atoms with van der Waals surface area (Å²) >= 11 is 0. The van der Waals surface area contributed by atoms with Crippen molar-refractivity contribution < 1.29 is 23.6 Å². The van der Waals surface area contributed by atoms with Crippen LogP contribution >= 0.6 is 0 Å². The van der Waals surface area contributed by atoms with Gasteiger partial charge in [0.15, 0.2) is 5.78 Å². The van der Waals surface area contributed by atoms with Crippen molar-refractivity contribution in [3.63, 3.8) is 0 Å². The van der Waals surface area contributed by atoms with E-state index in [9.17, 15) is 23.6 Å². The first-order chi connectivity index (χ1) is 17.2. The van der Waals surface area contributed by atoms with Crippen LogP contribution in [0.2, 0.25) is 0 Å². The third-order valence-corrected chi connectivity index (χ3v) is 6.69. The highest BCUT2D eigenvalue weighted by Gasteiger charge is 2.48. The summed E-state index contributed by atoms with van der Waals surface area (Å²) in [6, 6.07) is 13.4. The summed E-state index contributed by atoms with van der Waals surface area (Å²) in [5.41, 5.74) is 3.12. The molecule has 0 aromatic heterocycles. The third-order valence-electron chi connectivity index (χ3n) is 6.69. The predicted molar refractivity (Wildman–Crippen MR) is 132 cm³/mol. The molecule has 2 fully saturated rings. The Bertz CT molecular complexity index is 1170. The highest BCUT2D eigenvalue weighted by molar-refractivity contribution is 6.07. The van der Waals surface area contributed by atoms with Gasteiger partial charge in [0.25, 0.3) is 11.8 Å². The molecular formula is C26H30FN5O4. The number of benzene rings is 2. The van der Waals surface area contributed by atoms with E-state index in [0.717, 1.165) is 10.6 Å². The second-order valence-electron chi connectivity index (χ2n) is 9.41. The molecule has 0 spiro atoms. The Labute approximate surface area is 209 Å². The van der Waals surface area contributed by atoms with Gasteiger partial charge in [0.05, 0.1) is 12.2 Å². The van der Waals surface area contributed by atoms with Gasteiger partial charge in [-0.15, -0.1) is 0 Å². The number of hydrogen-bond acceptors (Lipinski definition) is 6. The third kappa shape index (κ3) is 5.54. The molecule has 9 nitrogen and oxygen atoms in total. The van der Waals surface area contributed by atoms with Crippen LogP contribution in [0.4, 0.5) is 14.9 Å². The quantitative estimate of drug-likeness (QED) is 0.430. The zero-order chi connectivity index (χ0) is 25.9. The van der Waals surface area contributed by atoms with Crippen molar-refractivity contribution in [2.75, 3.05) is 37.6 Å². The summed E-state index contributed by atoms with van der Waals surface area (Å²) in [5.74, 6) is -1.62. The van der Waals surface area contributed by atoms with Gasteiger partial charge in [0.1, 0.15) is 11.4 Å². The van der Waals surface area contributed by atoms with Gasteiger partial charge in [0.2, 0.25) is 0 Å². The molecule has 0 saturated carbocycles. The molecule has 2 saturated heterocycles. The zero-order valence-corrected chi connectivity index (χ0v) is 20.4. The minimum Gasteiger partial charge on any atom is -0.367 e. The van der Waals surface area contributed by atoms with E-state index in [-0.39, 0.29) is 12.3 Å². The van der Waals surface area contributed by atoms with Crippen LogP contribution in [-0.2, 0) is 16.0 Å². The summed E-state index contributed by atoms with van der Waals surface area (Å²) in [4.78, 5) is 53.2. The minimum absolute atomic E-state index is 0.00259. The fourth-order valence-corrected chi connectivity index (χ4v) is 4.49. The van der Waals surface area contributed by atoms with Crippen molar-refractivity contribution in [1.82, 2.24) is 20.7 Å². The van der Waals surface area contributed by atoms with Crippen LogP contribution < -0.4 is 15.6 Å². The number of Topliss-reactive ketones (excluding diaryl/α,β-unsaturated/α-hetero) is 1. The molecule has 4 amide bonds. The molecule has 2 heterocycles. The molecule has 2 aliphatic rings. The molecule has 0 unspecified atom stereocenters. The summed E-state index contributed by atoms with van der Waals surface area (Å²) in [6.07, 6.45) is 1.01. The number of hydrogen-bond donors (Lipinski definition) is 2. The van der Waals surface area contributed by atoms with Crippen LogP contribution in [0.5, 0.6) is 0 Å². The van der Waals surface area contributed by atoms with E-state index in [4.69, 9.17) is 0 Å². The number of piperazine rings is 1. The van der Waals surface area contributed by atoms with E-state index in [0.29, 0.717) is 50.3 Å². The lowest BCUT2D eigenvalue weighted by atomic mass is 9.93. The topological polar surface area (TPSA) is 102 Å². The van der Waals surface area contributed by atoms with E-state index in [2.05, 4.69) is 10.7 Å². The number of hydrazine groups is 1. The van der Waals surface area contributed by atoms with Crippen LogP contribution in [0, 0.1) is 5.82 Å². The number of imide groups is 1. The number of ketones is 1. The lowest BCUT2D eigenvalue weighted by Crippen LogP contribution is -2.54. The maximum absolute atomic E-state index is 14.5. The Morgan fingerprint density at radius 1 is 1.06 bits per heavy atom. The van der Waals surface area contributed by atoms with Crippen molar-refractivity contribution in [2.45, 2.75) is 32.2 Å². The van der Waals surface area contributed by atoms with Crippen LogP contribution in [0.1, 0.15) is 36.2 Å². The van der Waals surface area contributed by atoms with Gasteiger partial charge in [-0.25, -0.2) is 9.18 Å². The smallest absolute Gasteiger partial charge is 0.344 e. The lowest BCUT2D eigenvalue weighted by Gasteiger charge is -2.36. The first kappa shape index (κ1) is 25.3. The number of amides is 4. The number of halogens is 1. The first-order valence-corrected chi connectivity index (χ1v) is 11.9. The van der Waals surface area contributed by atoms with E-state index in [1.54, 1.807) is 19.1 Å². The van der Waals surface area contributed by atoms with Crippen molar-refractivity contribution in [1.29, 1.82) is 0 Å². The Morgan fingerprint density at radius 2 is 1.75 bits per heavy atom. The van der Waals surface area contributed by atoms with Gasteiger partial charge >= 0.3 is 6.03 Å². The SMILES string of the molecule is CC(=O)c1ccc(N2CCN(CC(=O)NN3C(=O)N[C@](C)(CCc4ccccc4)C3=O)CC2)c(F)c1. The molecule has 1 atom stereocenters. The molecule has 4 rings (SSSR count). The molecule has 0 aliphatic carbocycles. The second-order valence-corrected chi connectivity index (χ2v) is 9.41. The number of carbonyl (C=O) groups excluding carboxylic acids is 4. The summed E-state index contributed by atoms with van der Waals surface area (Å²) in [6.45, 7) is 5.02. The number of urea groups is 1. The van der Waals surface area contributed by atoms with Gasteiger partial charge in [-0.2, -0.15) is 5.01 Å². The largest absolute Gasteiger partial charge is 0.367 e. The maximum Gasteiger partial charge on any atom is 0.344 e. The fourth-order valence-electron chi connectivity index (χ4n) is 4.49.